The lowest BCUT2D eigenvalue weighted by atomic mass is 9.99. The van der Waals surface area contributed by atoms with E-state index in [-0.39, 0.29) is 18.9 Å². The van der Waals surface area contributed by atoms with E-state index in [0.29, 0.717) is 6.42 Å². The lowest BCUT2D eigenvalue weighted by Gasteiger charge is -2.41. The summed E-state index contributed by atoms with van der Waals surface area (Å²) >= 11 is 0. The molecule has 1 fully saturated rings. The molecule has 0 spiro atoms. The predicted octanol–water partition coefficient (Wildman–Crippen LogP) is 15.3. The highest BCUT2D eigenvalue weighted by atomic mass is 32.3. The van der Waals surface area contributed by atoms with Crippen LogP contribution < -0.4 is 5.32 Å². The van der Waals surface area contributed by atoms with Gasteiger partial charge in [-0.2, -0.15) is 8.42 Å². The van der Waals surface area contributed by atoms with E-state index in [2.05, 4.69) is 47.7 Å². The van der Waals surface area contributed by atoms with Crippen LogP contribution in [0.15, 0.2) is 36.5 Å². The maximum atomic E-state index is 13.2. The molecule has 0 aromatic rings. The zero-order chi connectivity index (χ0) is 54.7. The van der Waals surface area contributed by atoms with Crippen LogP contribution in [0.2, 0.25) is 0 Å². The Kier molecular flexibility index (Phi) is 49.2. The van der Waals surface area contributed by atoms with Gasteiger partial charge in [-0.25, -0.2) is 4.18 Å². The molecular weight excluding hydrogens is 967 g/mol. The molecule has 7 atom stereocenters. The molecule has 1 amide bonds. The second-order valence-corrected chi connectivity index (χ2v) is 23.0. The Bertz CT molecular complexity index is 1460. The highest BCUT2D eigenvalue weighted by Gasteiger charge is 2.48. The SMILES string of the molecule is CCCCCCCCCCC/C=C\C/C=C\CCCCCCCCCCCCCC(=O)NC(COC1OC(CO)C(O)C(OS(=O)(=O)O)C1O)C(O)/C=C/CCCCCCCCCCCCCCCCCCCCC. The zero-order valence-electron chi connectivity index (χ0n) is 48.1. The highest BCUT2D eigenvalue weighted by Crippen LogP contribution is 2.26. The molecule has 6 N–H and O–H groups in total. The largest absolute Gasteiger partial charge is 0.397 e. The van der Waals surface area contributed by atoms with E-state index in [4.69, 9.17) is 9.47 Å². The van der Waals surface area contributed by atoms with E-state index in [9.17, 15) is 38.2 Å². The quantitative estimate of drug-likeness (QED) is 0.0193. The number of hydrogen-bond donors (Lipinski definition) is 6. The highest BCUT2D eigenvalue weighted by molar-refractivity contribution is 7.80. The Hall–Kier alpha value is -1.68. The maximum absolute atomic E-state index is 13.2. The van der Waals surface area contributed by atoms with Gasteiger partial charge in [0, 0.05) is 6.42 Å². The van der Waals surface area contributed by atoms with Gasteiger partial charge in [-0.05, 0) is 51.4 Å². The van der Waals surface area contributed by atoms with Crippen molar-refractivity contribution < 1.29 is 51.8 Å². The first-order valence-electron chi connectivity index (χ1n) is 31.4. The molecule has 0 radical (unpaired) electrons. The summed E-state index contributed by atoms with van der Waals surface area (Å²) in [5.74, 6) is -0.261. The number of unbranched alkanes of at least 4 members (excludes halogenated alkanes) is 39. The Morgan fingerprint density at radius 1 is 0.533 bits per heavy atom. The standard InChI is InChI=1S/C62H117NO11S/c1-3-5-7-9-11-13-15-17-19-21-23-25-26-27-28-29-30-32-34-36-38-40-42-44-46-48-50-52-58(66)63-55(54-72-62-60(68)61(74-75(69,70)71)59(67)57(53-64)73-62)56(65)51-49-47-45-43-41-39-37-35-33-31-24-22-20-18-16-14-12-10-8-6-4-2/h23,25,27-28,49,51,55-57,59-62,64-65,67-68H,3-22,24,26,29-48,50,52-54H2,1-2H3,(H,63,66)(H,69,70,71)/b25-23-,28-27-,51-49+. The van der Waals surface area contributed by atoms with E-state index < -0.39 is 59.9 Å². The van der Waals surface area contributed by atoms with Crippen molar-refractivity contribution in [1.29, 1.82) is 0 Å². The average Bonchev–Trinajstić information content (AvgIpc) is 3.39. The number of nitrogens with one attached hydrogen (secondary N) is 1. The van der Waals surface area contributed by atoms with Crippen LogP contribution in [0.1, 0.15) is 296 Å². The number of ether oxygens (including phenoxy) is 2. The van der Waals surface area contributed by atoms with E-state index in [1.807, 2.05) is 6.08 Å². The third-order valence-electron chi connectivity index (χ3n) is 14.9. The predicted molar refractivity (Wildman–Crippen MR) is 310 cm³/mol. The van der Waals surface area contributed by atoms with Crippen molar-refractivity contribution in [2.75, 3.05) is 13.2 Å². The number of aliphatic hydroxyl groups excluding tert-OH is 4. The number of hydrogen-bond acceptors (Lipinski definition) is 10. The summed E-state index contributed by atoms with van der Waals surface area (Å²) < 4.78 is 47.9. The van der Waals surface area contributed by atoms with E-state index in [0.717, 1.165) is 44.9 Å². The second-order valence-electron chi connectivity index (χ2n) is 22.0. The van der Waals surface area contributed by atoms with Crippen LogP contribution in [0.5, 0.6) is 0 Å². The van der Waals surface area contributed by atoms with Gasteiger partial charge in [0.15, 0.2) is 6.29 Å². The van der Waals surface area contributed by atoms with Gasteiger partial charge in [0.2, 0.25) is 5.91 Å². The molecule has 0 aromatic heterocycles. The van der Waals surface area contributed by atoms with Crippen LogP contribution in [0.25, 0.3) is 0 Å². The third kappa shape index (κ3) is 43.8. The first-order chi connectivity index (χ1) is 36.5. The van der Waals surface area contributed by atoms with Crippen LogP contribution in [-0.4, -0.2) is 95.4 Å². The molecule has 1 rings (SSSR count). The molecular formula is C62H117NO11S. The lowest BCUT2D eigenvalue weighted by Crippen LogP contribution is -2.61. The number of allylic oxidation sites excluding steroid dienone is 5. The minimum atomic E-state index is -5.09. The topological polar surface area (TPSA) is 192 Å². The minimum absolute atomic E-state index is 0.261. The zero-order valence-corrected chi connectivity index (χ0v) is 48.9. The smallest absolute Gasteiger partial charge is 0.394 e. The monoisotopic (exact) mass is 1080 g/mol. The lowest BCUT2D eigenvalue weighted by molar-refractivity contribution is -0.298. The van der Waals surface area contributed by atoms with Gasteiger partial charge >= 0.3 is 10.4 Å². The summed E-state index contributed by atoms with van der Waals surface area (Å²) in [7, 11) is -5.09. The molecule has 1 saturated heterocycles. The molecule has 7 unspecified atom stereocenters. The molecule has 12 nitrogen and oxygen atoms in total. The Morgan fingerprint density at radius 2 is 0.893 bits per heavy atom. The van der Waals surface area contributed by atoms with Crippen molar-refractivity contribution in [3.63, 3.8) is 0 Å². The molecule has 13 heteroatoms. The van der Waals surface area contributed by atoms with E-state index in [1.165, 1.54) is 225 Å². The summed E-state index contributed by atoms with van der Waals surface area (Å²) in [4.78, 5) is 13.2. The Morgan fingerprint density at radius 3 is 1.27 bits per heavy atom. The maximum Gasteiger partial charge on any atom is 0.397 e. The minimum Gasteiger partial charge on any atom is -0.394 e. The van der Waals surface area contributed by atoms with Crippen LogP contribution in [0.4, 0.5) is 0 Å². The van der Waals surface area contributed by atoms with Crippen molar-refractivity contribution >= 4 is 16.3 Å². The van der Waals surface area contributed by atoms with Crippen molar-refractivity contribution in [1.82, 2.24) is 5.32 Å². The first-order valence-corrected chi connectivity index (χ1v) is 32.7. The number of rotatable bonds is 55. The molecule has 1 heterocycles. The van der Waals surface area contributed by atoms with Crippen LogP contribution in [0.3, 0.4) is 0 Å². The van der Waals surface area contributed by atoms with Crippen molar-refractivity contribution in [3.05, 3.63) is 36.5 Å². The Labute approximate surface area is 460 Å². The average molecular weight is 1080 g/mol. The van der Waals surface area contributed by atoms with Crippen molar-refractivity contribution in [3.8, 4) is 0 Å². The molecule has 0 saturated carbocycles. The number of carbonyl (C=O) groups excluding carboxylic acids is 1. The summed E-state index contributed by atoms with van der Waals surface area (Å²) in [6.07, 6.45) is 57.6. The summed E-state index contributed by atoms with van der Waals surface area (Å²) in [6.45, 7) is 3.44. The molecule has 75 heavy (non-hydrogen) atoms. The normalized spacial score (nSPS) is 19.3. The molecule has 1 aliphatic heterocycles. The van der Waals surface area contributed by atoms with Crippen LogP contribution >= 0.6 is 0 Å². The Balaban J connectivity index is 2.33. The summed E-state index contributed by atoms with van der Waals surface area (Å²) in [5, 5.41) is 45.1. The summed E-state index contributed by atoms with van der Waals surface area (Å²) in [5.41, 5.74) is 0. The fourth-order valence-corrected chi connectivity index (χ4v) is 10.6. The van der Waals surface area contributed by atoms with E-state index in [1.54, 1.807) is 6.08 Å². The van der Waals surface area contributed by atoms with Gasteiger partial charge in [0.25, 0.3) is 0 Å². The molecule has 0 bridgehead atoms. The van der Waals surface area contributed by atoms with Crippen LogP contribution in [-0.2, 0) is 28.9 Å². The van der Waals surface area contributed by atoms with Gasteiger partial charge in [0.05, 0.1) is 25.4 Å². The van der Waals surface area contributed by atoms with Gasteiger partial charge in [-0.3, -0.25) is 9.35 Å². The van der Waals surface area contributed by atoms with Gasteiger partial charge in [0.1, 0.15) is 24.4 Å². The fourth-order valence-electron chi connectivity index (χ4n) is 10.1. The van der Waals surface area contributed by atoms with Gasteiger partial charge < -0.3 is 35.2 Å². The molecule has 442 valence electrons. The van der Waals surface area contributed by atoms with Gasteiger partial charge in [-0.1, -0.05) is 275 Å². The van der Waals surface area contributed by atoms with Crippen molar-refractivity contribution in [2.45, 2.75) is 339 Å². The third-order valence-corrected chi connectivity index (χ3v) is 15.4. The van der Waals surface area contributed by atoms with Crippen molar-refractivity contribution in [2.24, 2.45) is 0 Å². The molecule has 1 aliphatic rings. The van der Waals surface area contributed by atoms with Gasteiger partial charge in [-0.15, -0.1) is 0 Å². The first kappa shape index (κ1) is 71.3. The number of carbonyl (C=O) groups is 1. The fraction of sp³-hybridized carbons (Fsp3) is 0.887. The molecule has 0 aliphatic carbocycles. The number of amides is 1. The van der Waals surface area contributed by atoms with Crippen LogP contribution in [0, 0.1) is 0 Å². The number of aliphatic hydroxyl groups is 4. The summed E-state index contributed by atoms with van der Waals surface area (Å²) in [6, 6.07) is -0.946. The second kappa shape index (κ2) is 51.7. The van der Waals surface area contributed by atoms with E-state index >= 15 is 0 Å². The molecule has 0 aromatic carbocycles.